The summed E-state index contributed by atoms with van der Waals surface area (Å²) in [5, 5.41) is 16.2. The third-order valence-electron chi connectivity index (χ3n) is 3.28. The number of nitrogens with zero attached hydrogens (tertiary/aromatic N) is 1. The second-order valence-electron chi connectivity index (χ2n) is 5.24. The van der Waals surface area contributed by atoms with Crippen LogP contribution >= 0.6 is 31.9 Å². The van der Waals surface area contributed by atoms with E-state index < -0.39 is 5.91 Å². The van der Waals surface area contributed by atoms with Crippen molar-refractivity contribution in [2.75, 3.05) is 13.2 Å². The molecule has 0 heterocycles. The fourth-order valence-electron chi connectivity index (χ4n) is 2.05. The Balaban J connectivity index is 1.90. The molecule has 0 fully saturated rings. The van der Waals surface area contributed by atoms with Crippen LogP contribution in [0.25, 0.3) is 0 Å². The predicted molar refractivity (Wildman–Crippen MR) is 109 cm³/mol. The molecule has 0 spiro atoms. The molecule has 0 unspecified atom stereocenters. The maximum absolute atomic E-state index is 12.0. The molecule has 142 valence electrons. The Morgan fingerprint density at radius 1 is 1.22 bits per heavy atom. The van der Waals surface area contributed by atoms with E-state index in [1.165, 1.54) is 6.21 Å². The van der Waals surface area contributed by atoms with Crippen molar-refractivity contribution in [1.29, 1.82) is 0 Å². The van der Waals surface area contributed by atoms with Crippen molar-refractivity contribution in [3.63, 3.8) is 0 Å². The smallest absolute Gasteiger partial charge is 0.259 e. The van der Waals surface area contributed by atoms with Crippen LogP contribution in [0, 0.1) is 0 Å². The van der Waals surface area contributed by atoms with Crippen LogP contribution in [0.4, 0.5) is 0 Å². The van der Waals surface area contributed by atoms with E-state index in [0.717, 1.165) is 0 Å². The molecule has 0 aromatic heterocycles. The fraction of sp³-hybridized carbons (Fsp3) is 0.167. The van der Waals surface area contributed by atoms with Gasteiger partial charge in [-0.25, -0.2) is 5.43 Å². The van der Waals surface area contributed by atoms with Gasteiger partial charge in [0.15, 0.2) is 11.5 Å². The first-order chi connectivity index (χ1) is 12.9. The number of ether oxygens (including phenoxy) is 1. The highest BCUT2D eigenvalue weighted by Gasteiger charge is 2.11. The Kier molecular flexibility index (Phi) is 7.81. The molecule has 3 N–H and O–H groups in total. The van der Waals surface area contributed by atoms with Crippen LogP contribution in [0.1, 0.15) is 22.8 Å². The van der Waals surface area contributed by atoms with Gasteiger partial charge in [-0.15, -0.1) is 0 Å². The van der Waals surface area contributed by atoms with E-state index >= 15 is 0 Å². The van der Waals surface area contributed by atoms with Gasteiger partial charge in [-0.05, 0) is 68.6 Å². The summed E-state index contributed by atoms with van der Waals surface area (Å²) >= 11 is 6.51. The third-order valence-corrected chi connectivity index (χ3v) is 4.58. The van der Waals surface area contributed by atoms with Gasteiger partial charge in [-0.2, -0.15) is 5.10 Å². The zero-order valence-corrected chi connectivity index (χ0v) is 17.5. The van der Waals surface area contributed by atoms with E-state index in [-0.39, 0.29) is 18.2 Å². The number of carbonyl (C=O) groups is 2. The number of rotatable bonds is 7. The first-order valence-corrected chi connectivity index (χ1v) is 9.51. The van der Waals surface area contributed by atoms with Crippen LogP contribution in [0.5, 0.6) is 11.5 Å². The Bertz CT molecular complexity index is 872. The van der Waals surface area contributed by atoms with Gasteiger partial charge in [0.2, 0.25) is 0 Å². The highest BCUT2D eigenvalue weighted by atomic mass is 79.9. The molecule has 2 aromatic carbocycles. The molecule has 0 aliphatic rings. The molecule has 0 bridgehead atoms. The first kappa shape index (κ1) is 20.9. The number of phenols is 1. The van der Waals surface area contributed by atoms with Crippen molar-refractivity contribution >= 4 is 49.9 Å². The number of hydrogen-bond donors (Lipinski definition) is 3. The molecule has 0 saturated carbocycles. The van der Waals surface area contributed by atoms with Crippen LogP contribution < -0.4 is 15.5 Å². The number of hydrogen-bond acceptors (Lipinski definition) is 5. The third kappa shape index (κ3) is 6.07. The number of carbonyl (C=O) groups excluding carboxylic acids is 2. The van der Waals surface area contributed by atoms with Gasteiger partial charge in [-0.3, -0.25) is 9.59 Å². The van der Waals surface area contributed by atoms with E-state index in [4.69, 9.17) is 4.74 Å². The standard InChI is InChI=1S/C18H17Br2N3O4/c1-2-27-15-8-11(7-14(20)17(15)25)9-22-23-16(24)10-21-18(26)12-5-3-4-6-13(12)19/h3-9,25H,2,10H2,1H3,(H,21,26)(H,23,24)/b22-9+. The Hall–Kier alpha value is -2.39. The number of benzene rings is 2. The summed E-state index contributed by atoms with van der Waals surface area (Å²) in [7, 11) is 0. The lowest BCUT2D eigenvalue weighted by atomic mass is 10.2. The van der Waals surface area contributed by atoms with Gasteiger partial charge in [-0.1, -0.05) is 12.1 Å². The van der Waals surface area contributed by atoms with Crippen LogP contribution in [-0.4, -0.2) is 36.3 Å². The van der Waals surface area contributed by atoms with Gasteiger partial charge >= 0.3 is 0 Å². The molecule has 2 rings (SSSR count). The van der Waals surface area contributed by atoms with Crippen LogP contribution in [-0.2, 0) is 4.79 Å². The van der Waals surface area contributed by atoms with Crippen molar-refractivity contribution in [1.82, 2.24) is 10.7 Å². The molecule has 0 atom stereocenters. The molecule has 2 aromatic rings. The summed E-state index contributed by atoms with van der Waals surface area (Å²) in [6.45, 7) is 1.98. The van der Waals surface area contributed by atoms with E-state index in [9.17, 15) is 14.7 Å². The molecule has 2 amide bonds. The molecule has 27 heavy (non-hydrogen) atoms. The molecule has 0 aliphatic heterocycles. The minimum Gasteiger partial charge on any atom is -0.503 e. The van der Waals surface area contributed by atoms with Gasteiger partial charge in [0.25, 0.3) is 11.8 Å². The fourth-order valence-corrected chi connectivity index (χ4v) is 2.98. The summed E-state index contributed by atoms with van der Waals surface area (Å²) in [4.78, 5) is 23.9. The Morgan fingerprint density at radius 3 is 2.67 bits per heavy atom. The minimum absolute atomic E-state index is 0.00665. The van der Waals surface area contributed by atoms with Gasteiger partial charge in [0.1, 0.15) is 0 Å². The predicted octanol–water partition coefficient (Wildman–Crippen LogP) is 3.20. The molecule has 0 radical (unpaired) electrons. The highest BCUT2D eigenvalue weighted by Crippen LogP contribution is 2.35. The minimum atomic E-state index is -0.477. The lowest BCUT2D eigenvalue weighted by molar-refractivity contribution is -0.120. The van der Waals surface area contributed by atoms with E-state index in [2.05, 4.69) is 47.7 Å². The summed E-state index contributed by atoms with van der Waals surface area (Å²) in [6.07, 6.45) is 1.40. The largest absolute Gasteiger partial charge is 0.503 e. The molecule has 0 aliphatic carbocycles. The average molecular weight is 499 g/mol. The topological polar surface area (TPSA) is 100 Å². The van der Waals surface area contributed by atoms with Gasteiger partial charge in [0.05, 0.1) is 29.4 Å². The summed E-state index contributed by atoms with van der Waals surface area (Å²) < 4.78 is 6.41. The van der Waals surface area contributed by atoms with Crippen LogP contribution in [0.3, 0.4) is 0 Å². The van der Waals surface area contributed by atoms with Crippen molar-refractivity contribution in [2.24, 2.45) is 5.10 Å². The van der Waals surface area contributed by atoms with Crippen LogP contribution in [0.15, 0.2) is 50.4 Å². The van der Waals surface area contributed by atoms with E-state index in [1.54, 1.807) is 43.3 Å². The molecule has 0 saturated heterocycles. The van der Waals surface area contributed by atoms with Crippen LogP contribution in [0.2, 0.25) is 0 Å². The monoisotopic (exact) mass is 497 g/mol. The maximum Gasteiger partial charge on any atom is 0.259 e. The number of nitrogens with one attached hydrogen (secondary N) is 2. The number of aromatic hydroxyl groups is 1. The molecule has 9 heteroatoms. The van der Waals surface area contributed by atoms with Crippen molar-refractivity contribution in [2.45, 2.75) is 6.92 Å². The highest BCUT2D eigenvalue weighted by molar-refractivity contribution is 9.10. The molecule has 7 nitrogen and oxygen atoms in total. The zero-order valence-electron chi connectivity index (χ0n) is 14.3. The zero-order chi connectivity index (χ0) is 19.8. The molecular formula is C18H17Br2N3O4. The molecular weight excluding hydrogens is 482 g/mol. The van der Waals surface area contributed by atoms with E-state index in [0.29, 0.717) is 32.4 Å². The SMILES string of the molecule is CCOc1cc(/C=N/NC(=O)CNC(=O)c2ccccc2Br)cc(Br)c1O. The van der Waals surface area contributed by atoms with Gasteiger partial charge < -0.3 is 15.2 Å². The van der Waals surface area contributed by atoms with Crippen molar-refractivity contribution in [3.05, 3.63) is 56.5 Å². The lowest BCUT2D eigenvalue weighted by Crippen LogP contribution is -2.35. The Labute approximate surface area is 173 Å². The van der Waals surface area contributed by atoms with Crippen molar-refractivity contribution in [3.8, 4) is 11.5 Å². The Morgan fingerprint density at radius 2 is 1.96 bits per heavy atom. The summed E-state index contributed by atoms with van der Waals surface area (Å²) in [5.41, 5.74) is 3.37. The maximum atomic E-state index is 12.0. The number of amides is 2. The number of halogens is 2. The van der Waals surface area contributed by atoms with E-state index in [1.807, 2.05) is 0 Å². The second-order valence-corrected chi connectivity index (χ2v) is 6.95. The van der Waals surface area contributed by atoms with Crippen molar-refractivity contribution < 1.29 is 19.4 Å². The normalized spacial score (nSPS) is 10.6. The summed E-state index contributed by atoms with van der Waals surface area (Å²) in [5.74, 6) is -0.548. The number of hydrazone groups is 1. The number of phenolic OH excluding ortho intramolecular Hbond substituents is 1. The van der Waals surface area contributed by atoms with Gasteiger partial charge in [0, 0.05) is 4.47 Å². The lowest BCUT2D eigenvalue weighted by Gasteiger charge is -2.08. The first-order valence-electron chi connectivity index (χ1n) is 7.92. The summed E-state index contributed by atoms with van der Waals surface area (Å²) in [6, 6.07) is 10.1. The average Bonchev–Trinajstić information content (AvgIpc) is 2.64. The second kappa shape index (κ2) is 10.1. The quantitative estimate of drug-likeness (QED) is 0.403.